The van der Waals surface area contributed by atoms with Gasteiger partial charge in [0, 0.05) is 31.1 Å². The number of aliphatic hydroxyl groups excluding tert-OH is 1. The molecule has 2 amide bonds. The van der Waals surface area contributed by atoms with Crippen molar-refractivity contribution >= 4 is 23.3 Å². The molecule has 2 aromatic heterocycles. The summed E-state index contributed by atoms with van der Waals surface area (Å²) in [5.74, 6) is -1.59. The van der Waals surface area contributed by atoms with Gasteiger partial charge in [-0.3, -0.25) is 19.1 Å². The van der Waals surface area contributed by atoms with Gasteiger partial charge in [0.15, 0.2) is 11.6 Å². The van der Waals surface area contributed by atoms with Crippen molar-refractivity contribution in [3.8, 4) is 17.2 Å². The van der Waals surface area contributed by atoms with Crippen LogP contribution in [0.4, 0.5) is 15.9 Å². The van der Waals surface area contributed by atoms with Crippen LogP contribution in [0.5, 0.6) is 11.5 Å². The zero-order chi connectivity index (χ0) is 26.5. The highest BCUT2D eigenvalue weighted by molar-refractivity contribution is 6.05. The SMILES string of the molecule is Cc1c(C(=O)Nc2ccc(Oc3ccnc(NC(=O)CCO)c3)c(F)c2)c(=O)n(-c2ccccc2)n1C. The number of ether oxygens (including phenoxy) is 1. The lowest BCUT2D eigenvalue weighted by Gasteiger charge is -2.10. The highest BCUT2D eigenvalue weighted by atomic mass is 19.1. The van der Waals surface area contributed by atoms with E-state index in [0.29, 0.717) is 11.4 Å². The first-order chi connectivity index (χ1) is 17.8. The molecule has 0 aliphatic rings. The number of nitrogens with one attached hydrogen (secondary N) is 2. The van der Waals surface area contributed by atoms with Crippen molar-refractivity contribution in [2.45, 2.75) is 13.3 Å². The van der Waals surface area contributed by atoms with Crippen LogP contribution in [-0.2, 0) is 11.8 Å². The van der Waals surface area contributed by atoms with Crippen LogP contribution < -0.4 is 20.9 Å². The first-order valence-electron chi connectivity index (χ1n) is 11.3. The third kappa shape index (κ3) is 5.57. The summed E-state index contributed by atoms with van der Waals surface area (Å²) < 4.78 is 23.3. The van der Waals surface area contributed by atoms with Gasteiger partial charge >= 0.3 is 0 Å². The summed E-state index contributed by atoms with van der Waals surface area (Å²) in [5, 5.41) is 13.9. The van der Waals surface area contributed by atoms with E-state index in [2.05, 4.69) is 15.6 Å². The second kappa shape index (κ2) is 10.9. The van der Waals surface area contributed by atoms with Crippen LogP contribution in [0.25, 0.3) is 5.69 Å². The average Bonchev–Trinajstić information content (AvgIpc) is 3.09. The number of pyridine rings is 1. The standard InChI is InChI=1S/C26H24FN5O5/c1-16-24(26(36)32(31(16)2)18-6-4-3-5-7-18)25(35)29-17-8-9-21(20(27)14-17)37-19-10-12-28-22(15-19)30-23(34)11-13-33/h3-10,12,14-15,33H,11,13H2,1-2H3,(H,29,35)(H,28,30,34). The first kappa shape index (κ1) is 25.3. The summed E-state index contributed by atoms with van der Waals surface area (Å²) >= 11 is 0. The predicted octanol–water partition coefficient (Wildman–Crippen LogP) is 3.38. The van der Waals surface area contributed by atoms with Gasteiger partial charge in [-0.15, -0.1) is 0 Å². The minimum atomic E-state index is -0.757. The molecule has 0 aliphatic carbocycles. The van der Waals surface area contributed by atoms with Crippen molar-refractivity contribution in [3.05, 3.63) is 94.3 Å². The number of nitrogens with zero attached hydrogens (tertiary/aromatic N) is 3. The maximum Gasteiger partial charge on any atom is 0.284 e. The normalized spacial score (nSPS) is 10.7. The highest BCUT2D eigenvalue weighted by Crippen LogP contribution is 2.28. The number of hydrogen-bond acceptors (Lipinski definition) is 6. The van der Waals surface area contributed by atoms with E-state index in [1.807, 2.05) is 6.07 Å². The number of carbonyl (C=O) groups excluding carboxylic acids is 2. The molecule has 0 radical (unpaired) electrons. The number of aliphatic hydroxyl groups is 1. The van der Waals surface area contributed by atoms with E-state index in [4.69, 9.17) is 9.84 Å². The van der Waals surface area contributed by atoms with Crippen molar-refractivity contribution in [3.63, 3.8) is 0 Å². The summed E-state index contributed by atoms with van der Waals surface area (Å²) in [6.45, 7) is 1.35. The molecule has 3 N–H and O–H groups in total. The molecule has 4 rings (SSSR count). The Morgan fingerprint density at radius 2 is 1.84 bits per heavy atom. The van der Waals surface area contributed by atoms with Gasteiger partial charge in [-0.2, -0.15) is 0 Å². The van der Waals surface area contributed by atoms with E-state index < -0.39 is 23.2 Å². The minimum Gasteiger partial charge on any atom is -0.454 e. The summed E-state index contributed by atoms with van der Waals surface area (Å²) in [5.41, 5.74) is 0.641. The molecule has 0 unspecified atom stereocenters. The van der Waals surface area contributed by atoms with E-state index in [1.54, 1.807) is 42.9 Å². The second-order valence-electron chi connectivity index (χ2n) is 8.04. The Morgan fingerprint density at radius 3 is 2.54 bits per heavy atom. The molecule has 2 aromatic carbocycles. The Morgan fingerprint density at radius 1 is 1.08 bits per heavy atom. The molecule has 0 aliphatic heterocycles. The van der Waals surface area contributed by atoms with E-state index in [9.17, 15) is 18.8 Å². The quantitative estimate of drug-likeness (QED) is 0.337. The zero-order valence-electron chi connectivity index (χ0n) is 20.1. The first-order valence-corrected chi connectivity index (χ1v) is 11.3. The third-order valence-electron chi connectivity index (χ3n) is 5.54. The number of aromatic nitrogens is 3. The van der Waals surface area contributed by atoms with E-state index in [0.717, 1.165) is 6.07 Å². The summed E-state index contributed by atoms with van der Waals surface area (Å²) in [6.07, 6.45) is 1.29. The molecule has 0 fully saturated rings. The molecule has 4 aromatic rings. The highest BCUT2D eigenvalue weighted by Gasteiger charge is 2.22. The number of para-hydroxylation sites is 1. The predicted molar refractivity (Wildman–Crippen MR) is 135 cm³/mol. The van der Waals surface area contributed by atoms with Gasteiger partial charge < -0.3 is 20.5 Å². The molecule has 2 heterocycles. The van der Waals surface area contributed by atoms with Gasteiger partial charge in [0.2, 0.25) is 5.91 Å². The van der Waals surface area contributed by atoms with Crippen LogP contribution in [0, 0.1) is 12.7 Å². The van der Waals surface area contributed by atoms with E-state index >= 15 is 0 Å². The fourth-order valence-electron chi connectivity index (χ4n) is 3.66. The van der Waals surface area contributed by atoms with Crippen molar-refractivity contribution < 1.29 is 23.8 Å². The fourth-order valence-corrected chi connectivity index (χ4v) is 3.66. The van der Waals surface area contributed by atoms with Crippen molar-refractivity contribution in [2.75, 3.05) is 17.2 Å². The van der Waals surface area contributed by atoms with Crippen LogP contribution in [0.2, 0.25) is 0 Å². The lowest BCUT2D eigenvalue weighted by molar-refractivity contribution is -0.116. The van der Waals surface area contributed by atoms with Crippen molar-refractivity contribution in [1.29, 1.82) is 0 Å². The smallest absolute Gasteiger partial charge is 0.284 e. The number of benzene rings is 2. The Balaban J connectivity index is 1.51. The minimum absolute atomic E-state index is 0.0559. The van der Waals surface area contributed by atoms with Crippen LogP contribution in [0.15, 0.2) is 71.7 Å². The van der Waals surface area contributed by atoms with Gasteiger partial charge in [-0.05, 0) is 37.3 Å². The average molecular weight is 506 g/mol. The van der Waals surface area contributed by atoms with Crippen LogP contribution >= 0.6 is 0 Å². The largest absolute Gasteiger partial charge is 0.454 e. The van der Waals surface area contributed by atoms with E-state index in [-0.39, 0.29) is 41.6 Å². The monoisotopic (exact) mass is 505 g/mol. The number of halogens is 1. The molecule has 0 bridgehead atoms. The number of anilines is 2. The van der Waals surface area contributed by atoms with Gasteiger partial charge in [-0.25, -0.2) is 14.1 Å². The van der Waals surface area contributed by atoms with Gasteiger partial charge in [0.1, 0.15) is 17.1 Å². The molecular weight excluding hydrogens is 481 g/mol. The number of hydrogen-bond donors (Lipinski definition) is 3. The summed E-state index contributed by atoms with van der Waals surface area (Å²) in [4.78, 5) is 41.6. The van der Waals surface area contributed by atoms with Gasteiger partial charge in [-0.1, -0.05) is 18.2 Å². The molecule has 0 saturated carbocycles. The van der Waals surface area contributed by atoms with Crippen molar-refractivity contribution in [1.82, 2.24) is 14.3 Å². The Labute approximate surface area is 210 Å². The van der Waals surface area contributed by atoms with Gasteiger partial charge in [0.05, 0.1) is 24.4 Å². The second-order valence-corrected chi connectivity index (χ2v) is 8.04. The molecule has 10 nitrogen and oxygen atoms in total. The Bertz CT molecular complexity index is 1510. The molecule has 11 heteroatoms. The van der Waals surface area contributed by atoms with Gasteiger partial charge in [0.25, 0.3) is 11.5 Å². The molecule has 37 heavy (non-hydrogen) atoms. The Hall–Kier alpha value is -4.77. The topological polar surface area (TPSA) is 127 Å². The lowest BCUT2D eigenvalue weighted by Crippen LogP contribution is -2.25. The lowest BCUT2D eigenvalue weighted by atomic mass is 10.2. The third-order valence-corrected chi connectivity index (χ3v) is 5.54. The molecule has 190 valence electrons. The molecule has 0 saturated heterocycles. The molecule has 0 spiro atoms. The zero-order valence-corrected chi connectivity index (χ0v) is 20.1. The van der Waals surface area contributed by atoms with Crippen LogP contribution in [0.1, 0.15) is 22.5 Å². The summed E-state index contributed by atoms with van der Waals surface area (Å²) in [6, 6.07) is 15.6. The molecule has 0 atom stereocenters. The van der Waals surface area contributed by atoms with Crippen molar-refractivity contribution in [2.24, 2.45) is 7.05 Å². The molecular formula is C26H24FN5O5. The van der Waals surface area contributed by atoms with E-state index in [1.165, 1.54) is 35.1 Å². The summed E-state index contributed by atoms with van der Waals surface area (Å²) in [7, 11) is 1.68. The fraction of sp³-hybridized carbons (Fsp3) is 0.154. The maximum absolute atomic E-state index is 14.8. The Kier molecular flexibility index (Phi) is 7.44. The maximum atomic E-state index is 14.8. The van der Waals surface area contributed by atoms with Crippen LogP contribution in [-0.4, -0.2) is 37.9 Å². The number of rotatable bonds is 8. The number of carbonyl (C=O) groups is 2. The van der Waals surface area contributed by atoms with Crippen LogP contribution in [0.3, 0.4) is 0 Å². The number of amides is 2.